The van der Waals surface area contributed by atoms with Crippen LogP contribution in [0, 0.1) is 0 Å². The molecule has 0 N–H and O–H groups in total. The van der Waals surface area contributed by atoms with Gasteiger partial charge in [-0.3, -0.25) is 0 Å². The Morgan fingerprint density at radius 1 is 1.44 bits per heavy atom. The van der Waals surface area contributed by atoms with Crippen molar-refractivity contribution in [3.05, 3.63) is 27.7 Å². The van der Waals surface area contributed by atoms with Crippen molar-refractivity contribution in [3.63, 3.8) is 0 Å². The van der Waals surface area contributed by atoms with Crippen molar-refractivity contribution in [2.75, 3.05) is 20.2 Å². The first kappa shape index (κ1) is 14.2. The van der Waals surface area contributed by atoms with E-state index in [1.807, 2.05) is 18.2 Å². The standard InChI is InChI=1S/C14H19BrClNO/c1-17-8-3-2-4-12(17)7-9-18-14-10-11(15)5-6-13(14)16/h5-6,10,12H,2-4,7-9H2,1H3. The van der Waals surface area contributed by atoms with E-state index in [1.165, 1.54) is 25.8 Å². The van der Waals surface area contributed by atoms with Gasteiger partial charge in [0, 0.05) is 10.5 Å². The first-order chi connectivity index (χ1) is 8.66. The number of hydrogen-bond donors (Lipinski definition) is 0. The van der Waals surface area contributed by atoms with Gasteiger partial charge in [0.15, 0.2) is 0 Å². The molecular weight excluding hydrogens is 314 g/mol. The van der Waals surface area contributed by atoms with Crippen LogP contribution < -0.4 is 4.74 Å². The highest BCUT2D eigenvalue weighted by Crippen LogP contribution is 2.28. The lowest BCUT2D eigenvalue weighted by atomic mass is 10.0. The van der Waals surface area contributed by atoms with Crippen LogP contribution in [0.5, 0.6) is 5.75 Å². The van der Waals surface area contributed by atoms with Crippen LogP contribution in [0.2, 0.25) is 5.02 Å². The molecule has 1 saturated heterocycles. The van der Waals surface area contributed by atoms with E-state index in [9.17, 15) is 0 Å². The molecule has 0 spiro atoms. The van der Waals surface area contributed by atoms with Crippen LogP contribution in [0.25, 0.3) is 0 Å². The van der Waals surface area contributed by atoms with E-state index in [-0.39, 0.29) is 0 Å². The van der Waals surface area contributed by atoms with Crippen LogP contribution in [0.4, 0.5) is 0 Å². The van der Waals surface area contributed by atoms with Gasteiger partial charge < -0.3 is 9.64 Å². The van der Waals surface area contributed by atoms with Gasteiger partial charge in [-0.05, 0) is 51.1 Å². The van der Waals surface area contributed by atoms with E-state index in [0.717, 1.165) is 23.2 Å². The minimum absolute atomic E-state index is 0.657. The zero-order valence-corrected chi connectivity index (χ0v) is 13.0. The molecule has 1 aliphatic heterocycles. The molecule has 18 heavy (non-hydrogen) atoms. The molecule has 0 amide bonds. The molecule has 1 heterocycles. The maximum absolute atomic E-state index is 6.09. The van der Waals surface area contributed by atoms with E-state index in [1.54, 1.807) is 0 Å². The van der Waals surface area contributed by atoms with E-state index in [2.05, 4.69) is 27.9 Å². The normalized spacial score (nSPS) is 20.9. The van der Waals surface area contributed by atoms with Crippen molar-refractivity contribution in [1.82, 2.24) is 4.90 Å². The highest BCUT2D eigenvalue weighted by molar-refractivity contribution is 9.10. The Bertz CT molecular complexity index is 399. The minimum atomic E-state index is 0.657. The summed E-state index contributed by atoms with van der Waals surface area (Å²) < 4.78 is 6.78. The lowest BCUT2D eigenvalue weighted by Crippen LogP contribution is -2.37. The molecule has 1 atom stereocenters. The minimum Gasteiger partial charge on any atom is -0.492 e. The number of ether oxygens (including phenoxy) is 1. The summed E-state index contributed by atoms with van der Waals surface area (Å²) in [5, 5.41) is 0.676. The molecular formula is C14H19BrClNO. The van der Waals surface area contributed by atoms with Gasteiger partial charge in [0.05, 0.1) is 11.6 Å². The largest absolute Gasteiger partial charge is 0.492 e. The fraction of sp³-hybridized carbons (Fsp3) is 0.571. The summed E-state index contributed by atoms with van der Waals surface area (Å²) >= 11 is 9.52. The number of likely N-dealkylation sites (tertiary alicyclic amines) is 1. The number of hydrogen-bond acceptors (Lipinski definition) is 2. The molecule has 2 rings (SSSR count). The first-order valence-corrected chi connectivity index (χ1v) is 7.62. The smallest absolute Gasteiger partial charge is 0.139 e. The average molecular weight is 333 g/mol. The van der Waals surface area contributed by atoms with Crippen LogP contribution in [-0.2, 0) is 0 Å². The predicted molar refractivity (Wildman–Crippen MR) is 79.5 cm³/mol. The Morgan fingerprint density at radius 2 is 2.28 bits per heavy atom. The molecule has 0 bridgehead atoms. The fourth-order valence-electron chi connectivity index (χ4n) is 2.40. The van der Waals surface area contributed by atoms with Gasteiger partial charge >= 0.3 is 0 Å². The average Bonchev–Trinajstić information content (AvgIpc) is 2.36. The topological polar surface area (TPSA) is 12.5 Å². The molecule has 2 nitrogen and oxygen atoms in total. The van der Waals surface area contributed by atoms with Crippen molar-refractivity contribution >= 4 is 27.5 Å². The third-order valence-electron chi connectivity index (χ3n) is 3.52. The Hall–Kier alpha value is -0.250. The second kappa shape index (κ2) is 6.78. The highest BCUT2D eigenvalue weighted by atomic mass is 79.9. The fourth-order valence-corrected chi connectivity index (χ4v) is 2.91. The lowest BCUT2D eigenvalue weighted by Gasteiger charge is -2.32. The van der Waals surface area contributed by atoms with E-state index < -0.39 is 0 Å². The molecule has 100 valence electrons. The van der Waals surface area contributed by atoms with E-state index >= 15 is 0 Å². The maximum atomic E-state index is 6.09. The Kier molecular flexibility index (Phi) is 5.34. The molecule has 1 aromatic carbocycles. The monoisotopic (exact) mass is 331 g/mol. The zero-order valence-electron chi connectivity index (χ0n) is 10.7. The first-order valence-electron chi connectivity index (χ1n) is 6.45. The van der Waals surface area contributed by atoms with Gasteiger partial charge in [0.1, 0.15) is 5.75 Å². The number of benzene rings is 1. The van der Waals surface area contributed by atoms with Gasteiger partial charge in [-0.15, -0.1) is 0 Å². The van der Waals surface area contributed by atoms with Gasteiger partial charge in [0.2, 0.25) is 0 Å². The van der Waals surface area contributed by atoms with Crippen molar-refractivity contribution in [2.45, 2.75) is 31.7 Å². The van der Waals surface area contributed by atoms with Gasteiger partial charge in [-0.25, -0.2) is 0 Å². The van der Waals surface area contributed by atoms with Crippen molar-refractivity contribution < 1.29 is 4.74 Å². The molecule has 0 radical (unpaired) electrons. The van der Waals surface area contributed by atoms with Gasteiger partial charge in [0.25, 0.3) is 0 Å². The van der Waals surface area contributed by atoms with Crippen molar-refractivity contribution in [3.8, 4) is 5.75 Å². The van der Waals surface area contributed by atoms with Crippen LogP contribution in [0.3, 0.4) is 0 Å². The molecule has 0 aliphatic carbocycles. The SMILES string of the molecule is CN1CCCCC1CCOc1cc(Br)ccc1Cl. The second-order valence-electron chi connectivity index (χ2n) is 4.84. The van der Waals surface area contributed by atoms with Crippen LogP contribution in [0.1, 0.15) is 25.7 Å². The molecule has 4 heteroatoms. The third kappa shape index (κ3) is 3.87. The molecule has 0 saturated carbocycles. The summed E-state index contributed by atoms with van der Waals surface area (Å²) in [5.74, 6) is 0.768. The summed E-state index contributed by atoms with van der Waals surface area (Å²) in [6.45, 7) is 1.94. The Balaban J connectivity index is 1.82. The number of nitrogens with zero attached hydrogens (tertiary/aromatic N) is 1. The number of rotatable bonds is 4. The van der Waals surface area contributed by atoms with Gasteiger partial charge in [-0.1, -0.05) is 34.0 Å². The summed E-state index contributed by atoms with van der Waals surface area (Å²) in [4.78, 5) is 2.44. The highest BCUT2D eigenvalue weighted by Gasteiger charge is 2.18. The second-order valence-corrected chi connectivity index (χ2v) is 6.16. The number of halogens is 2. The summed E-state index contributed by atoms with van der Waals surface area (Å²) in [5.41, 5.74) is 0. The Morgan fingerprint density at radius 3 is 3.06 bits per heavy atom. The summed E-state index contributed by atoms with van der Waals surface area (Å²) in [7, 11) is 2.20. The molecule has 0 aromatic heterocycles. The van der Waals surface area contributed by atoms with Crippen molar-refractivity contribution in [2.24, 2.45) is 0 Å². The van der Waals surface area contributed by atoms with Crippen LogP contribution >= 0.6 is 27.5 Å². The molecule has 1 unspecified atom stereocenters. The summed E-state index contributed by atoms with van der Waals surface area (Å²) in [6, 6.07) is 6.36. The maximum Gasteiger partial charge on any atom is 0.139 e. The third-order valence-corrected chi connectivity index (χ3v) is 4.33. The predicted octanol–water partition coefficient (Wildman–Crippen LogP) is 4.36. The molecule has 1 aromatic rings. The van der Waals surface area contributed by atoms with Crippen LogP contribution in [-0.4, -0.2) is 31.1 Å². The van der Waals surface area contributed by atoms with Crippen LogP contribution in [0.15, 0.2) is 22.7 Å². The van der Waals surface area contributed by atoms with E-state index in [4.69, 9.17) is 16.3 Å². The quantitative estimate of drug-likeness (QED) is 0.812. The molecule has 1 aliphatic rings. The lowest BCUT2D eigenvalue weighted by molar-refractivity contribution is 0.153. The molecule has 1 fully saturated rings. The van der Waals surface area contributed by atoms with Crippen molar-refractivity contribution in [1.29, 1.82) is 0 Å². The zero-order chi connectivity index (χ0) is 13.0. The Labute approximate surface area is 122 Å². The summed E-state index contributed by atoms with van der Waals surface area (Å²) in [6.07, 6.45) is 5.02. The number of piperidine rings is 1. The van der Waals surface area contributed by atoms with E-state index in [0.29, 0.717) is 11.1 Å². The van der Waals surface area contributed by atoms with Gasteiger partial charge in [-0.2, -0.15) is 0 Å².